The number of carboxylic acids is 1. The number of pyridine rings is 1. The van der Waals surface area contributed by atoms with Crippen LogP contribution in [0.1, 0.15) is 10.5 Å². The lowest BCUT2D eigenvalue weighted by Gasteiger charge is -2.04. The standard InChI is InChI=1S/C8H9NO3S/c1-9-5(8(11)12)3-4-6(13-2)7(9)10/h3-4H,1-2H3,(H,11,12). The van der Waals surface area contributed by atoms with Crippen molar-refractivity contribution in [1.29, 1.82) is 0 Å². The van der Waals surface area contributed by atoms with Crippen LogP contribution in [-0.4, -0.2) is 21.9 Å². The fourth-order valence-corrected chi connectivity index (χ4v) is 1.50. The molecule has 70 valence electrons. The van der Waals surface area contributed by atoms with E-state index in [9.17, 15) is 9.59 Å². The third-order valence-electron chi connectivity index (χ3n) is 1.71. The Morgan fingerprint density at radius 1 is 1.54 bits per heavy atom. The molecule has 0 aliphatic heterocycles. The molecule has 1 aromatic heterocycles. The third-order valence-corrected chi connectivity index (χ3v) is 2.46. The van der Waals surface area contributed by atoms with Crippen LogP contribution >= 0.6 is 11.8 Å². The molecule has 0 saturated carbocycles. The van der Waals surface area contributed by atoms with Crippen LogP contribution < -0.4 is 5.56 Å². The average Bonchev–Trinajstić information content (AvgIpc) is 2.09. The Bertz CT molecular complexity index is 397. The molecule has 0 atom stereocenters. The number of carbonyl (C=O) groups is 1. The summed E-state index contributed by atoms with van der Waals surface area (Å²) in [4.78, 5) is 22.6. The summed E-state index contributed by atoms with van der Waals surface area (Å²) in [6.45, 7) is 0. The Balaban J connectivity index is 3.40. The highest BCUT2D eigenvalue weighted by atomic mass is 32.2. The second kappa shape index (κ2) is 3.66. The van der Waals surface area contributed by atoms with E-state index in [2.05, 4.69) is 0 Å². The molecule has 0 radical (unpaired) electrons. The van der Waals surface area contributed by atoms with Gasteiger partial charge in [-0.25, -0.2) is 4.79 Å². The van der Waals surface area contributed by atoms with Crippen LogP contribution in [0, 0.1) is 0 Å². The van der Waals surface area contributed by atoms with Gasteiger partial charge in [0.05, 0.1) is 4.90 Å². The minimum absolute atomic E-state index is 0.00259. The lowest BCUT2D eigenvalue weighted by Crippen LogP contribution is -2.23. The third kappa shape index (κ3) is 1.75. The molecule has 0 saturated heterocycles. The molecule has 0 amide bonds. The topological polar surface area (TPSA) is 59.3 Å². The highest BCUT2D eigenvalue weighted by Crippen LogP contribution is 2.09. The van der Waals surface area contributed by atoms with Crippen LogP contribution in [0.2, 0.25) is 0 Å². The predicted octanol–water partition coefficient (Wildman–Crippen LogP) is 0.805. The van der Waals surface area contributed by atoms with Crippen molar-refractivity contribution < 1.29 is 9.90 Å². The Morgan fingerprint density at radius 3 is 2.62 bits per heavy atom. The summed E-state index contributed by atoms with van der Waals surface area (Å²) in [6.07, 6.45) is 1.77. The summed E-state index contributed by atoms with van der Waals surface area (Å²) in [5.41, 5.74) is -0.268. The number of hydrogen-bond acceptors (Lipinski definition) is 3. The smallest absolute Gasteiger partial charge is 0.352 e. The largest absolute Gasteiger partial charge is 0.477 e. The Labute approximate surface area is 79.2 Å². The van der Waals surface area contributed by atoms with Gasteiger partial charge in [-0.05, 0) is 18.4 Å². The van der Waals surface area contributed by atoms with Crippen molar-refractivity contribution in [1.82, 2.24) is 4.57 Å². The van der Waals surface area contributed by atoms with Gasteiger partial charge in [-0.2, -0.15) is 0 Å². The maximum atomic E-state index is 11.4. The number of aromatic carboxylic acids is 1. The molecule has 1 N–H and O–H groups in total. The molecule has 0 aromatic carbocycles. The molecule has 1 rings (SSSR count). The van der Waals surface area contributed by atoms with Crippen molar-refractivity contribution in [2.75, 3.05) is 6.26 Å². The van der Waals surface area contributed by atoms with Crippen molar-refractivity contribution in [2.45, 2.75) is 4.90 Å². The molecule has 0 aliphatic carbocycles. The van der Waals surface area contributed by atoms with Crippen LogP contribution in [0.25, 0.3) is 0 Å². The predicted molar refractivity (Wildman–Crippen MR) is 50.4 cm³/mol. The van der Waals surface area contributed by atoms with Gasteiger partial charge < -0.3 is 9.67 Å². The van der Waals surface area contributed by atoms with E-state index in [1.807, 2.05) is 0 Å². The fraction of sp³-hybridized carbons (Fsp3) is 0.250. The number of thioether (sulfide) groups is 1. The quantitative estimate of drug-likeness (QED) is 0.716. The molecule has 0 bridgehead atoms. The van der Waals surface area contributed by atoms with Gasteiger partial charge in [-0.15, -0.1) is 11.8 Å². The molecule has 0 spiro atoms. The summed E-state index contributed by atoms with van der Waals surface area (Å²) in [5, 5.41) is 8.69. The van der Waals surface area contributed by atoms with E-state index in [4.69, 9.17) is 5.11 Å². The molecule has 4 nitrogen and oxygen atoms in total. The maximum absolute atomic E-state index is 11.4. The van der Waals surface area contributed by atoms with Crippen LogP contribution in [0.4, 0.5) is 0 Å². The first kappa shape index (κ1) is 9.85. The van der Waals surface area contributed by atoms with Crippen LogP contribution in [0.3, 0.4) is 0 Å². The van der Waals surface area contributed by atoms with E-state index in [1.54, 1.807) is 6.26 Å². The van der Waals surface area contributed by atoms with Gasteiger partial charge in [0.25, 0.3) is 5.56 Å². The lowest BCUT2D eigenvalue weighted by atomic mass is 10.3. The Kier molecular flexibility index (Phi) is 2.77. The van der Waals surface area contributed by atoms with Gasteiger partial charge in [0.15, 0.2) is 0 Å². The molecular formula is C8H9NO3S. The molecule has 0 aliphatic rings. The van der Waals surface area contributed by atoms with Gasteiger partial charge in [-0.3, -0.25) is 4.79 Å². The highest BCUT2D eigenvalue weighted by molar-refractivity contribution is 7.98. The fourth-order valence-electron chi connectivity index (χ4n) is 0.983. The van der Waals surface area contributed by atoms with Crippen molar-refractivity contribution in [3.8, 4) is 0 Å². The van der Waals surface area contributed by atoms with E-state index < -0.39 is 5.97 Å². The molecule has 0 unspecified atom stereocenters. The van der Waals surface area contributed by atoms with Crippen LogP contribution in [-0.2, 0) is 7.05 Å². The van der Waals surface area contributed by atoms with E-state index in [0.717, 1.165) is 4.57 Å². The SMILES string of the molecule is CSc1ccc(C(=O)O)n(C)c1=O. The van der Waals surface area contributed by atoms with E-state index in [0.29, 0.717) is 4.90 Å². The summed E-state index contributed by atoms with van der Waals surface area (Å²) in [5.74, 6) is -1.09. The van der Waals surface area contributed by atoms with Crippen molar-refractivity contribution >= 4 is 17.7 Å². The average molecular weight is 199 g/mol. The lowest BCUT2D eigenvalue weighted by molar-refractivity contribution is 0.0684. The normalized spacial score (nSPS) is 10.0. The van der Waals surface area contributed by atoms with Crippen molar-refractivity contribution in [3.63, 3.8) is 0 Å². The molecule has 1 heterocycles. The van der Waals surface area contributed by atoms with Gasteiger partial charge in [0.2, 0.25) is 0 Å². The summed E-state index contributed by atoms with van der Waals surface area (Å²) >= 11 is 1.30. The van der Waals surface area contributed by atoms with E-state index >= 15 is 0 Å². The second-order valence-corrected chi connectivity index (χ2v) is 3.30. The number of carboxylic acid groups (broad SMARTS) is 1. The molecule has 13 heavy (non-hydrogen) atoms. The van der Waals surface area contributed by atoms with Gasteiger partial charge in [-0.1, -0.05) is 0 Å². The zero-order valence-corrected chi connectivity index (χ0v) is 8.09. The number of rotatable bonds is 2. The summed E-state index contributed by atoms with van der Waals surface area (Å²) < 4.78 is 1.13. The zero-order chi connectivity index (χ0) is 10.0. The van der Waals surface area contributed by atoms with Gasteiger partial charge in [0.1, 0.15) is 5.69 Å². The monoisotopic (exact) mass is 199 g/mol. The maximum Gasteiger partial charge on any atom is 0.352 e. The molecule has 5 heteroatoms. The van der Waals surface area contributed by atoms with Crippen molar-refractivity contribution in [3.05, 3.63) is 28.2 Å². The van der Waals surface area contributed by atoms with Gasteiger partial charge in [0, 0.05) is 7.05 Å². The van der Waals surface area contributed by atoms with Gasteiger partial charge >= 0.3 is 5.97 Å². The number of hydrogen-bond donors (Lipinski definition) is 1. The summed E-state index contributed by atoms with van der Waals surface area (Å²) in [7, 11) is 1.45. The summed E-state index contributed by atoms with van der Waals surface area (Å²) in [6, 6.07) is 2.95. The zero-order valence-electron chi connectivity index (χ0n) is 7.27. The first-order chi connectivity index (χ1) is 6.07. The number of aromatic nitrogens is 1. The highest BCUT2D eigenvalue weighted by Gasteiger charge is 2.09. The van der Waals surface area contributed by atoms with Crippen LogP contribution in [0.5, 0.6) is 0 Å². The molecule has 0 fully saturated rings. The minimum Gasteiger partial charge on any atom is -0.477 e. The van der Waals surface area contributed by atoms with E-state index in [1.165, 1.54) is 30.9 Å². The van der Waals surface area contributed by atoms with Crippen LogP contribution in [0.15, 0.2) is 21.8 Å². The van der Waals surface area contributed by atoms with Crippen molar-refractivity contribution in [2.24, 2.45) is 7.05 Å². The van der Waals surface area contributed by atoms with E-state index in [-0.39, 0.29) is 11.3 Å². The molecule has 1 aromatic rings. The first-order valence-electron chi connectivity index (χ1n) is 3.55. The minimum atomic E-state index is -1.09. The second-order valence-electron chi connectivity index (χ2n) is 2.46. The number of nitrogens with zero attached hydrogens (tertiary/aromatic N) is 1. The Morgan fingerprint density at radius 2 is 2.15 bits per heavy atom. The Hall–Kier alpha value is -1.23. The first-order valence-corrected chi connectivity index (χ1v) is 4.77. The molecular weight excluding hydrogens is 190 g/mol.